The Morgan fingerprint density at radius 1 is 1.27 bits per heavy atom. The third-order valence-corrected chi connectivity index (χ3v) is 6.36. The van der Waals surface area contributed by atoms with Crippen LogP contribution in [0.5, 0.6) is 0 Å². The van der Waals surface area contributed by atoms with E-state index in [1.165, 1.54) is 11.3 Å². The minimum absolute atomic E-state index is 0.0154. The van der Waals surface area contributed by atoms with Gasteiger partial charge >= 0.3 is 6.03 Å². The number of hydrogen-bond donors (Lipinski definition) is 2. The maximum absolute atomic E-state index is 13.1. The van der Waals surface area contributed by atoms with Crippen molar-refractivity contribution in [1.82, 2.24) is 15.5 Å². The number of nitrogens with zero attached hydrogens (tertiary/aromatic N) is 1. The van der Waals surface area contributed by atoms with Crippen LogP contribution in [0, 0.1) is 11.3 Å². The van der Waals surface area contributed by atoms with Crippen molar-refractivity contribution in [3.05, 3.63) is 22.4 Å². The Labute approximate surface area is 182 Å². The van der Waals surface area contributed by atoms with Gasteiger partial charge in [-0.15, -0.1) is 11.3 Å². The van der Waals surface area contributed by atoms with Crippen molar-refractivity contribution < 1.29 is 19.2 Å². The van der Waals surface area contributed by atoms with Crippen LogP contribution in [-0.2, 0) is 9.59 Å². The predicted octanol–water partition coefficient (Wildman–Crippen LogP) is 3.25. The predicted molar refractivity (Wildman–Crippen MR) is 118 cm³/mol. The lowest BCUT2D eigenvalue weighted by atomic mass is 9.85. The summed E-state index contributed by atoms with van der Waals surface area (Å²) < 4.78 is 0. The van der Waals surface area contributed by atoms with Crippen molar-refractivity contribution >= 4 is 35.3 Å². The molecule has 1 aliphatic rings. The van der Waals surface area contributed by atoms with Gasteiger partial charge in [0.25, 0.3) is 0 Å². The fourth-order valence-electron chi connectivity index (χ4n) is 3.55. The van der Waals surface area contributed by atoms with Gasteiger partial charge in [-0.25, -0.2) is 4.79 Å². The lowest BCUT2D eigenvalue weighted by Crippen LogP contribution is -2.59. The van der Waals surface area contributed by atoms with Crippen LogP contribution in [0.3, 0.4) is 0 Å². The largest absolute Gasteiger partial charge is 0.335 e. The van der Waals surface area contributed by atoms with E-state index in [4.69, 9.17) is 0 Å². The second kappa shape index (κ2) is 10.2. The number of thiophene rings is 1. The molecule has 7 nitrogen and oxygen atoms in total. The minimum atomic E-state index is -0.779. The smallest absolute Gasteiger partial charge is 0.315 e. The second-order valence-electron chi connectivity index (χ2n) is 9.25. The van der Waals surface area contributed by atoms with Gasteiger partial charge in [-0.3, -0.25) is 9.59 Å². The molecule has 8 heteroatoms. The first kappa shape index (κ1) is 24.1. The molecule has 1 saturated heterocycles. The molecule has 166 valence electrons. The van der Waals surface area contributed by atoms with Gasteiger partial charge in [0.2, 0.25) is 5.91 Å². The number of likely N-dealkylation sites (tertiary alicyclic amines) is 1. The van der Waals surface area contributed by atoms with E-state index in [2.05, 4.69) is 10.6 Å². The molecule has 3 atom stereocenters. The molecule has 30 heavy (non-hydrogen) atoms. The van der Waals surface area contributed by atoms with Crippen molar-refractivity contribution in [2.45, 2.75) is 72.0 Å². The Balaban J connectivity index is 2.07. The highest BCUT2D eigenvalue weighted by Crippen LogP contribution is 2.25. The Hall–Kier alpha value is -2.22. The zero-order chi connectivity index (χ0) is 22.5. The highest BCUT2D eigenvalue weighted by Gasteiger charge is 2.39. The van der Waals surface area contributed by atoms with Crippen LogP contribution < -0.4 is 10.6 Å². The lowest BCUT2D eigenvalue weighted by molar-refractivity contribution is -0.138. The molecule has 1 aliphatic heterocycles. The number of carbonyl (C=O) groups excluding carboxylic acids is 4. The van der Waals surface area contributed by atoms with Crippen LogP contribution in [0.4, 0.5) is 4.79 Å². The van der Waals surface area contributed by atoms with Crippen LogP contribution in [0.1, 0.15) is 63.6 Å². The molecule has 2 rings (SSSR count). The van der Waals surface area contributed by atoms with Crippen molar-refractivity contribution in [1.29, 1.82) is 0 Å². The number of ketones is 1. The summed E-state index contributed by atoms with van der Waals surface area (Å²) in [6.45, 7) is 10.0. The first-order valence-electron chi connectivity index (χ1n) is 10.4. The van der Waals surface area contributed by atoms with Crippen LogP contribution in [0.2, 0.25) is 0 Å². The molecular weight excluding hydrogens is 402 g/mol. The van der Waals surface area contributed by atoms with E-state index >= 15 is 0 Å². The fourth-order valence-corrected chi connectivity index (χ4v) is 4.23. The highest BCUT2D eigenvalue weighted by molar-refractivity contribution is 7.12. The van der Waals surface area contributed by atoms with Gasteiger partial charge in [0.1, 0.15) is 12.3 Å². The summed E-state index contributed by atoms with van der Waals surface area (Å²) >= 11 is 1.38. The van der Waals surface area contributed by atoms with E-state index in [9.17, 15) is 19.2 Å². The van der Waals surface area contributed by atoms with Crippen LogP contribution in [0.15, 0.2) is 17.5 Å². The number of rotatable bonds is 8. The van der Waals surface area contributed by atoms with E-state index in [1.54, 1.807) is 11.0 Å². The summed E-state index contributed by atoms with van der Waals surface area (Å²) in [5, 5.41) is 7.53. The zero-order valence-electron chi connectivity index (χ0n) is 18.4. The third-order valence-electron chi connectivity index (χ3n) is 5.45. The van der Waals surface area contributed by atoms with E-state index in [0.717, 1.165) is 12.7 Å². The molecule has 0 radical (unpaired) electrons. The molecule has 2 heterocycles. The number of urea groups is 1. The summed E-state index contributed by atoms with van der Waals surface area (Å²) in [5.41, 5.74) is -0.537. The normalized spacial score (nSPS) is 18.7. The number of hydrogen-bond acceptors (Lipinski definition) is 5. The maximum Gasteiger partial charge on any atom is 0.315 e. The Bertz CT molecular complexity index is 755. The molecule has 1 aromatic heterocycles. The zero-order valence-corrected chi connectivity index (χ0v) is 19.3. The Morgan fingerprint density at radius 2 is 1.97 bits per heavy atom. The Kier molecular flexibility index (Phi) is 8.18. The first-order valence-corrected chi connectivity index (χ1v) is 11.3. The van der Waals surface area contributed by atoms with Crippen molar-refractivity contribution in [3.8, 4) is 0 Å². The van der Waals surface area contributed by atoms with Gasteiger partial charge in [0.05, 0.1) is 10.9 Å². The molecule has 0 aliphatic carbocycles. The van der Waals surface area contributed by atoms with Crippen LogP contribution >= 0.6 is 11.3 Å². The quantitative estimate of drug-likeness (QED) is 0.484. The molecule has 3 amide bonds. The number of carbonyl (C=O) groups is 4. The summed E-state index contributed by atoms with van der Waals surface area (Å²) in [5.74, 6) is -0.220. The van der Waals surface area contributed by atoms with Gasteiger partial charge in [-0.2, -0.15) is 0 Å². The first-order chi connectivity index (χ1) is 14.0. The van der Waals surface area contributed by atoms with Gasteiger partial charge in [-0.1, -0.05) is 40.7 Å². The van der Waals surface area contributed by atoms with E-state index < -0.39 is 23.5 Å². The Morgan fingerprint density at radius 3 is 2.50 bits per heavy atom. The van der Waals surface area contributed by atoms with Crippen molar-refractivity contribution in [3.63, 3.8) is 0 Å². The van der Waals surface area contributed by atoms with Crippen molar-refractivity contribution in [2.24, 2.45) is 11.3 Å². The number of nitrogens with one attached hydrogen (secondary N) is 2. The summed E-state index contributed by atoms with van der Waals surface area (Å²) in [6, 6.07) is 1.55. The highest BCUT2D eigenvalue weighted by atomic mass is 32.1. The average molecular weight is 436 g/mol. The molecule has 0 spiro atoms. The van der Waals surface area contributed by atoms with Crippen LogP contribution in [-0.4, -0.2) is 53.6 Å². The van der Waals surface area contributed by atoms with E-state index in [1.807, 2.05) is 46.1 Å². The second-order valence-corrected chi connectivity index (χ2v) is 10.2. The molecular formula is C22H33N3O4S. The van der Waals surface area contributed by atoms with Gasteiger partial charge < -0.3 is 20.3 Å². The fraction of sp³-hybridized carbons (Fsp3) is 0.636. The average Bonchev–Trinajstić information content (AvgIpc) is 3.35. The monoisotopic (exact) mass is 435 g/mol. The van der Waals surface area contributed by atoms with Crippen LogP contribution in [0.25, 0.3) is 0 Å². The maximum atomic E-state index is 13.1. The molecule has 0 aromatic carbocycles. The summed E-state index contributed by atoms with van der Waals surface area (Å²) in [4.78, 5) is 51.9. The topological polar surface area (TPSA) is 95.6 Å². The SMILES string of the molecule is CC(C)C(CC(=O)c1cccs1)NC(=O)NC(C(=O)N1CCCC1C=O)C(C)(C)C. The van der Waals surface area contributed by atoms with E-state index in [0.29, 0.717) is 17.8 Å². The van der Waals surface area contributed by atoms with E-state index in [-0.39, 0.29) is 30.1 Å². The summed E-state index contributed by atoms with van der Waals surface area (Å²) in [6.07, 6.45) is 2.42. The lowest BCUT2D eigenvalue weighted by Gasteiger charge is -2.35. The van der Waals surface area contributed by atoms with Gasteiger partial charge in [0.15, 0.2) is 5.78 Å². The molecule has 2 N–H and O–H groups in total. The molecule has 0 bridgehead atoms. The molecule has 1 fully saturated rings. The summed E-state index contributed by atoms with van der Waals surface area (Å²) in [7, 11) is 0. The van der Waals surface area contributed by atoms with Crippen molar-refractivity contribution in [2.75, 3.05) is 6.54 Å². The third kappa shape index (κ3) is 6.14. The minimum Gasteiger partial charge on any atom is -0.335 e. The van der Waals surface area contributed by atoms with Gasteiger partial charge in [-0.05, 0) is 35.6 Å². The molecule has 0 saturated carbocycles. The standard InChI is InChI=1S/C22H33N3O4S/c1-14(2)16(12-17(27)18-9-7-11-30-18)23-21(29)24-19(22(3,4)5)20(28)25-10-6-8-15(25)13-26/h7,9,11,13-16,19H,6,8,10,12H2,1-5H3,(H2,23,24,29). The molecule has 1 aromatic rings. The molecule has 3 unspecified atom stereocenters. The number of amides is 3. The number of Topliss-reactive ketones (excluding diaryl/α,β-unsaturated/α-hetero) is 1. The van der Waals surface area contributed by atoms with Gasteiger partial charge in [0, 0.05) is 19.0 Å². The number of aldehydes is 1.